The highest BCUT2D eigenvalue weighted by Gasteiger charge is 2.65. The van der Waals surface area contributed by atoms with Gasteiger partial charge < -0.3 is 15.3 Å². The van der Waals surface area contributed by atoms with Gasteiger partial charge in [-0.2, -0.15) is 0 Å². The van der Waals surface area contributed by atoms with E-state index in [4.69, 9.17) is 0 Å². The number of carbonyl (C=O) groups excluding carboxylic acids is 2. The lowest BCUT2D eigenvalue weighted by Crippen LogP contribution is -2.28. The maximum Gasteiger partial charge on any atom is 0.307 e. The van der Waals surface area contributed by atoms with E-state index in [-0.39, 0.29) is 11.8 Å². The number of anilines is 2. The number of carboxylic acids is 1. The smallest absolute Gasteiger partial charge is 0.307 e. The van der Waals surface area contributed by atoms with Gasteiger partial charge in [0.25, 0.3) is 5.91 Å². The molecule has 1 aliphatic heterocycles. The highest BCUT2D eigenvalue weighted by Crippen LogP contribution is 2.58. The van der Waals surface area contributed by atoms with Crippen LogP contribution in [0.25, 0.3) is 0 Å². The van der Waals surface area contributed by atoms with Crippen molar-refractivity contribution in [1.29, 1.82) is 0 Å². The molecule has 7 heteroatoms. The lowest BCUT2D eigenvalue weighted by atomic mass is 10.1. The quantitative estimate of drug-likeness (QED) is 0.851. The van der Waals surface area contributed by atoms with Crippen LogP contribution in [0.15, 0.2) is 42.7 Å². The number of pyridine rings is 1. The van der Waals surface area contributed by atoms with Crippen molar-refractivity contribution in [3.05, 3.63) is 53.9 Å². The number of benzene rings is 1. The zero-order valence-electron chi connectivity index (χ0n) is 15.7. The summed E-state index contributed by atoms with van der Waals surface area (Å²) in [7, 11) is 0. The summed E-state index contributed by atoms with van der Waals surface area (Å²) < 4.78 is 0. The van der Waals surface area contributed by atoms with Crippen LogP contribution in [0.4, 0.5) is 11.4 Å². The first-order valence-electron chi connectivity index (χ1n) is 9.19. The molecule has 0 unspecified atom stereocenters. The monoisotopic (exact) mass is 379 g/mol. The van der Waals surface area contributed by atoms with Gasteiger partial charge in [-0.25, -0.2) is 0 Å². The number of fused-ring (bicyclic) bond motifs is 1. The Morgan fingerprint density at radius 3 is 2.64 bits per heavy atom. The van der Waals surface area contributed by atoms with Crippen molar-refractivity contribution in [1.82, 2.24) is 4.98 Å². The minimum absolute atomic E-state index is 0.104. The number of amides is 2. The number of carboxylic acid groups (broad SMARTS) is 1. The molecule has 0 bridgehead atoms. The summed E-state index contributed by atoms with van der Waals surface area (Å²) in [5.74, 6) is -2.52. The van der Waals surface area contributed by atoms with Crippen LogP contribution in [0.5, 0.6) is 0 Å². The van der Waals surface area contributed by atoms with Gasteiger partial charge in [0.1, 0.15) is 0 Å². The first-order chi connectivity index (χ1) is 13.3. The van der Waals surface area contributed by atoms with Crippen molar-refractivity contribution < 1.29 is 19.5 Å². The normalized spacial score (nSPS) is 21.7. The number of nitrogens with zero attached hydrogens (tertiary/aromatic N) is 2. The average Bonchev–Trinajstić information content (AvgIpc) is 3.04. The summed E-state index contributed by atoms with van der Waals surface area (Å²) >= 11 is 0. The second-order valence-corrected chi connectivity index (χ2v) is 7.90. The fraction of sp³-hybridized carbons (Fsp3) is 0.333. The van der Waals surface area contributed by atoms with Crippen molar-refractivity contribution >= 4 is 29.2 Å². The largest absolute Gasteiger partial charge is 0.481 e. The van der Waals surface area contributed by atoms with E-state index in [1.165, 1.54) is 0 Å². The minimum Gasteiger partial charge on any atom is -0.481 e. The van der Waals surface area contributed by atoms with Gasteiger partial charge in [0.05, 0.1) is 17.4 Å². The number of aliphatic carboxylic acids is 1. The van der Waals surface area contributed by atoms with E-state index in [1.54, 1.807) is 49.3 Å². The van der Waals surface area contributed by atoms with E-state index in [0.717, 1.165) is 11.3 Å². The second-order valence-electron chi connectivity index (χ2n) is 7.90. The Morgan fingerprint density at radius 2 is 2.00 bits per heavy atom. The van der Waals surface area contributed by atoms with Gasteiger partial charge in [0.2, 0.25) is 5.91 Å². The first kappa shape index (κ1) is 18.2. The van der Waals surface area contributed by atoms with Gasteiger partial charge in [-0.3, -0.25) is 19.4 Å². The Labute approximate surface area is 162 Å². The maximum absolute atomic E-state index is 12.7. The van der Waals surface area contributed by atoms with Gasteiger partial charge in [-0.1, -0.05) is 13.8 Å². The molecule has 1 aliphatic carbocycles. The van der Waals surface area contributed by atoms with Crippen LogP contribution in [0, 0.1) is 17.3 Å². The van der Waals surface area contributed by atoms with Gasteiger partial charge >= 0.3 is 5.97 Å². The van der Waals surface area contributed by atoms with Gasteiger partial charge in [0.15, 0.2) is 0 Å². The molecule has 2 amide bonds. The predicted octanol–water partition coefficient (Wildman–Crippen LogP) is 2.58. The zero-order chi connectivity index (χ0) is 20.1. The summed E-state index contributed by atoms with van der Waals surface area (Å²) in [6.45, 7) is 4.15. The average molecular weight is 379 g/mol. The Morgan fingerprint density at radius 1 is 1.21 bits per heavy atom. The van der Waals surface area contributed by atoms with Gasteiger partial charge in [-0.15, -0.1) is 0 Å². The van der Waals surface area contributed by atoms with Crippen molar-refractivity contribution in [2.24, 2.45) is 17.3 Å². The van der Waals surface area contributed by atoms with Crippen LogP contribution in [-0.2, 0) is 16.0 Å². The third-order valence-electron chi connectivity index (χ3n) is 5.77. The topological polar surface area (TPSA) is 99.6 Å². The van der Waals surface area contributed by atoms with E-state index in [0.29, 0.717) is 24.2 Å². The fourth-order valence-corrected chi connectivity index (χ4v) is 4.14. The Balaban J connectivity index is 1.49. The fourth-order valence-electron chi connectivity index (χ4n) is 4.14. The lowest BCUT2D eigenvalue weighted by molar-refractivity contribution is -0.140. The summed E-state index contributed by atoms with van der Waals surface area (Å²) in [5.41, 5.74) is 2.40. The molecule has 2 heterocycles. The molecule has 0 saturated heterocycles. The third kappa shape index (κ3) is 2.93. The molecular weight excluding hydrogens is 358 g/mol. The zero-order valence-corrected chi connectivity index (χ0v) is 15.7. The predicted molar refractivity (Wildman–Crippen MR) is 103 cm³/mol. The molecule has 0 radical (unpaired) electrons. The number of nitrogens with one attached hydrogen (secondary N) is 1. The van der Waals surface area contributed by atoms with Crippen molar-refractivity contribution in [3.8, 4) is 0 Å². The van der Waals surface area contributed by atoms with E-state index >= 15 is 0 Å². The van der Waals surface area contributed by atoms with E-state index < -0.39 is 23.2 Å². The van der Waals surface area contributed by atoms with Gasteiger partial charge in [0, 0.05) is 30.3 Å². The number of hydrogen-bond donors (Lipinski definition) is 2. The maximum atomic E-state index is 12.7. The molecule has 0 spiro atoms. The van der Waals surface area contributed by atoms with Crippen LogP contribution in [0.1, 0.15) is 29.8 Å². The standard InChI is InChI=1S/C21H21N3O4/c1-21(2)16(17(21)20(27)28)18(25)23-14-5-6-15-12(10-14)7-9-24(15)19(26)13-4-3-8-22-11-13/h3-6,8,10-11,16-17H,7,9H2,1-2H3,(H,23,25)(H,27,28)/t16-,17+/m1/s1. The molecule has 1 fully saturated rings. The van der Waals surface area contributed by atoms with Crippen molar-refractivity contribution in [2.45, 2.75) is 20.3 Å². The Hall–Kier alpha value is -3.22. The highest BCUT2D eigenvalue weighted by atomic mass is 16.4. The summed E-state index contributed by atoms with van der Waals surface area (Å²) in [5, 5.41) is 12.1. The van der Waals surface area contributed by atoms with Crippen LogP contribution in [-0.4, -0.2) is 34.4 Å². The minimum atomic E-state index is -0.941. The summed E-state index contributed by atoms with van der Waals surface area (Å²) in [6, 6.07) is 8.88. The molecule has 28 heavy (non-hydrogen) atoms. The summed E-state index contributed by atoms with van der Waals surface area (Å²) in [4.78, 5) is 42.2. The number of aromatic nitrogens is 1. The lowest BCUT2D eigenvalue weighted by Gasteiger charge is -2.17. The number of rotatable bonds is 4. The molecule has 4 rings (SSSR count). The van der Waals surface area contributed by atoms with E-state index in [1.807, 2.05) is 12.1 Å². The molecule has 2 N–H and O–H groups in total. The van der Waals surface area contributed by atoms with Crippen LogP contribution < -0.4 is 10.2 Å². The molecule has 1 aromatic heterocycles. The van der Waals surface area contributed by atoms with Crippen LogP contribution in [0.3, 0.4) is 0 Å². The SMILES string of the molecule is CC1(C)[C@H](C(=O)O)[C@@H]1C(=O)Nc1ccc2c(c1)CCN2C(=O)c1cccnc1. The van der Waals surface area contributed by atoms with E-state index in [2.05, 4.69) is 10.3 Å². The summed E-state index contributed by atoms with van der Waals surface area (Å²) in [6.07, 6.45) is 3.86. The highest BCUT2D eigenvalue weighted by molar-refractivity contribution is 6.07. The molecule has 2 aromatic rings. The molecule has 1 saturated carbocycles. The molecule has 1 aromatic carbocycles. The van der Waals surface area contributed by atoms with Crippen molar-refractivity contribution in [2.75, 3.05) is 16.8 Å². The molecule has 2 aliphatic rings. The van der Waals surface area contributed by atoms with Crippen molar-refractivity contribution in [3.63, 3.8) is 0 Å². The van der Waals surface area contributed by atoms with Gasteiger partial charge in [-0.05, 0) is 47.7 Å². The Bertz CT molecular complexity index is 971. The third-order valence-corrected chi connectivity index (χ3v) is 5.77. The second kappa shape index (κ2) is 6.44. The van der Waals surface area contributed by atoms with Crippen LogP contribution in [0.2, 0.25) is 0 Å². The number of carbonyl (C=O) groups is 3. The molecule has 7 nitrogen and oxygen atoms in total. The first-order valence-corrected chi connectivity index (χ1v) is 9.19. The molecule has 2 atom stereocenters. The molecular formula is C21H21N3O4. The van der Waals surface area contributed by atoms with Crippen LogP contribution >= 0.6 is 0 Å². The number of hydrogen-bond acceptors (Lipinski definition) is 4. The Kier molecular flexibility index (Phi) is 4.18. The molecule has 144 valence electrons. The van der Waals surface area contributed by atoms with E-state index in [9.17, 15) is 19.5 Å².